The molecule has 2 aromatic heterocycles. The lowest BCUT2D eigenvalue weighted by molar-refractivity contribution is 0.271. The highest BCUT2D eigenvalue weighted by Gasteiger charge is 2.15. The summed E-state index contributed by atoms with van der Waals surface area (Å²) in [6.07, 6.45) is 2.32. The summed E-state index contributed by atoms with van der Waals surface area (Å²) in [6, 6.07) is 10.1. The van der Waals surface area contributed by atoms with E-state index in [0.29, 0.717) is 21.9 Å². The lowest BCUT2D eigenvalue weighted by atomic mass is 10.2. The average Bonchev–Trinajstić information content (AvgIpc) is 3.27. The summed E-state index contributed by atoms with van der Waals surface area (Å²) in [5, 5.41) is 17.5. The van der Waals surface area contributed by atoms with Crippen molar-refractivity contribution in [3.63, 3.8) is 0 Å². The van der Waals surface area contributed by atoms with Gasteiger partial charge >= 0.3 is 0 Å². The highest BCUT2D eigenvalue weighted by molar-refractivity contribution is 9.10. The molecule has 1 atom stereocenters. The van der Waals surface area contributed by atoms with Gasteiger partial charge in [0.15, 0.2) is 0 Å². The van der Waals surface area contributed by atoms with E-state index in [4.69, 9.17) is 0 Å². The lowest BCUT2D eigenvalue weighted by Gasteiger charge is -2.16. The van der Waals surface area contributed by atoms with E-state index in [2.05, 4.69) is 41.3 Å². The van der Waals surface area contributed by atoms with Gasteiger partial charge in [-0.25, -0.2) is 18.1 Å². The zero-order chi connectivity index (χ0) is 21.6. The van der Waals surface area contributed by atoms with Crippen LogP contribution in [0, 0.1) is 0 Å². The molecule has 0 aliphatic rings. The number of aliphatic hydroxyl groups is 1. The molecule has 0 aliphatic carbocycles. The maximum Gasteiger partial charge on any atom is 0.240 e. The van der Waals surface area contributed by atoms with E-state index in [0.717, 1.165) is 11.3 Å². The number of benzene rings is 1. The molecule has 0 spiro atoms. The first-order valence-corrected chi connectivity index (χ1v) is 12.4. The van der Waals surface area contributed by atoms with Gasteiger partial charge in [0.25, 0.3) is 0 Å². The molecule has 0 fully saturated rings. The number of aromatic nitrogens is 2. The fraction of sp³-hybridized carbons (Fsp3) is 0.263. The first-order valence-electron chi connectivity index (χ1n) is 9.20. The number of hydrogen-bond donors (Lipinski definition) is 4. The molecule has 4 N–H and O–H groups in total. The summed E-state index contributed by atoms with van der Waals surface area (Å²) in [7, 11) is -3.66. The summed E-state index contributed by atoms with van der Waals surface area (Å²) >= 11 is 4.88. The second-order valence-electron chi connectivity index (χ2n) is 6.38. The van der Waals surface area contributed by atoms with Gasteiger partial charge in [0.2, 0.25) is 16.0 Å². The minimum Gasteiger partial charge on any atom is -0.394 e. The number of sulfonamides is 1. The number of aliphatic hydroxyl groups excluding tert-OH is 1. The van der Waals surface area contributed by atoms with Crippen LogP contribution in [0.3, 0.4) is 0 Å². The Kier molecular flexibility index (Phi) is 7.78. The molecule has 8 nitrogen and oxygen atoms in total. The van der Waals surface area contributed by atoms with Gasteiger partial charge in [0.1, 0.15) is 5.82 Å². The Morgan fingerprint density at radius 3 is 2.80 bits per heavy atom. The second-order valence-corrected chi connectivity index (χ2v) is 10.0. The molecule has 0 radical (unpaired) electrons. The summed E-state index contributed by atoms with van der Waals surface area (Å²) < 4.78 is 28.5. The molecule has 1 aromatic carbocycles. The smallest absolute Gasteiger partial charge is 0.240 e. The zero-order valence-electron chi connectivity index (χ0n) is 16.2. The van der Waals surface area contributed by atoms with Crippen molar-refractivity contribution in [3.8, 4) is 0 Å². The van der Waals surface area contributed by atoms with Crippen molar-refractivity contribution in [2.45, 2.75) is 30.8 Å². The van der Waals surface area contributed by atoms with Gasteiger partial charge in [-0.15, -0.1) is 11.3 Å². The first-order chi connectivity index (χ1) is 14.4. The lowest BCUT2D eigenvalue weighted by Crippen LogP contribution is -2.23. The quantitative estimate of drug-likeness (QED) is 0.327. The van der Waals surface area contributed by atoms with Crippen molar-refractivity contribution in [1.29, 1.82) is 0 Å². The Morgan fingerprint density at radius 1 is 1.27 bits per heavy atom. The number of nitrogens with one attached hydrogen (secondary N) is 3. The molecule has 3 aromatic rings. The van der Waals surface area contributed by atoms with Gasteiger partial charge in [-0.3, -0.25) is 0 Å². The highest BCUT2D eigenvalue weighted by Crippen LogP contribution is 2.24. The molecule has 30 heavy (non-hydrogen) atoms. The highest BCUT2D eigenvalue weighted by atomic mass is 79.9. The molecule has 0 amide bonds. The Balaban J connectivity index is 1.75. The fourth-order valence-electron chi connectivity index (χ4n) is 2.53. The van der Waals surface area contributed by atoms with Gasteiger partial charge in [0.05, 0.1) is 22.0 Å². The molecule has 11 heteroatoms. The summed E-state index contributed by atoms with van der Waals surface area (Å²) in [4.78, 5) is 9.71. The molecule has 1 unspecified atom stereocenters. The SMILES string of the molecule is CCC(CO)Nc1nc(Nc2cccc(S(=O)(=O)NCc3cccs3)c2)ncc1Br. The van der Waals surface area contributed by atoms with Crippen LogP contribution in [-0.4, -0.2) is 36.1 Å². The molecule has 0 bridgehead atoms. The number of nitrogens with zero attached hydrogens (tertiary/aromatic N) is 2. The van der Waals surface area contributed by atoms with Crippen LogP contribution in [0.15, 0.2) is 57.3 Å². The molecule has 160 valence electrons. The van der Waals surface area contributed by atoms with Gasteiger partial charge in [-0.1, -0.05) is 19.1 Å². The normalized spacial score (nSPS) is 12.5. The second kappa shape index (κ2) is 10.3. The van der Waals surface area contributed by atoms with E-state index < -0.39 is 10.0 Å². The molecular weight excluding hydrogens is 490 g/mol. The van der Waals surface area contributed by atoms with E-state index in [1.165, 1.54) is 23.5 Å². The van der Waals surface area contributed by atoms with Crippen LogP contribution in [0.2, 0.25) is 0 Å². The molecule has 0 saturated carbocycles. The van der Waals surface area contributed by atoms with E-state index in [1.807, 2.05) is 24.4 Å². The predicted octanol–water partition coefficient (Wildman–Crippen LogP) is 3.71. The van der Waals surface area contributed by atoms with Crippen LogP contribution < -0.4 is 15.4 Å². The van der Waals surface area contributed by atoms with Crippen molar-refractivity contribution < 1.29 is 13.5 Å². The Bertz CT molecular complexity index is 1070. The Hall–Kier alpha value is -2.05. The monoisotopic (exact) mass is 511 g/mol. The summed E-state index contributed by atoms with van der Waals surface area (Å²) in [6.45, 7) is 2.18. The van der Waals surface area contributed by atoms with E-state index in [-0.39, 0.29) is 24.1 Å². The third-order valence-corrected chi connectivity index (χ3v) is 7.07. The van der Waals surface area contributed by atoms with Gasteiger partial charge < -0.3 is 15.7 Å². The predicted molar refractivity (Wildman–Crippen MR) is 123 cm³/mol. The van der Waals surface area contributed by atoms with Crippen molar-refractivity contribution in [2.75, 3.05) is 17.2 Å². The number of thiophene rings is 1. The van der Waals surface area contributed by atoms with Crippen LogP contribution in [0.25, 0.3) is 0 Å². The molecule has 2 heterocycles. The van der Waals surface area contributed by atoms with Gasteiger partial charge in [-0.2, -0.15) is 4.98 Å². The first kappa shape index (κ1) is 22.6. The van der Waals surface area contributed by atoms with Crippen LogP contribution in [0.1, 0.15) is 18.2 Å². The van der Waals surface area contributed by atoms with Crippen LogP contribution >= 0.6 is 27.3 Å². The summed E-state index contributed by atoms with van der Waals surface area (Å²) in [5.41, 5.74) is 0.538. The van der Waals surface area contributed by atoms with Crippen LogP contribution in [0.4, 0.5) is 17.5 Å². The van der Waals surface area contributed by atoms with Gasteiger partial charge in [0, 0.05) is 23.3 Å². The largest absolute Gasteiger partial charge is 0.394 e. The third kappa shape index (κ3) is 5.99. The molecule has 0 saturated heterocycles. The number of hydrogen-bond acceptors (Lipinski definition) is 8. The number of rotatable bonds is 10. The van der Waals surface area contributed by atoms with Crippen molar-refractivity contribution in [1.82, 2.24) is 14.7 Å². The van der Waals surface area contributed by atoms with Crippen LogP contribution in [0.5, 0.6) is 0 Å². The van der Waals surface area contributed by atoms with Gasteiger partial charge in [-0.05, 0) is 52.0 Å². The van der Waals surface area contributed by atoms with E-state index in [1.54, 1.807) is 18.3 Å². The van der Waals surface area contributed by atoms with Crippen LogP contribution in [-0.2, 0) is 16.6 Å². The van der Waals surface area contributed by atoms with Crippen molar-refractivity contribution >= 4 is 54.7 Å². The van der Waals surface area contributed by atoms with E-state index in [9.17, 15) is 13.5 Å². The van der Waals surface area contributed by atoms with E-state index >= 15 is 0 Å². The number of anilines is 3. The maximum absolute atomic E-state index is 12.6. The molecule has 0 aliphatic heterocycles. The Morgan fingerprint density at radius 2 is 2.10 bits per heavy atom. The standard InChI is InChI=1S/C19H22BrN5O3S2/c1-2-13(12-26)23-18-17(20)11-21-19(25-18)24-14-5-3-7-16(9-14)30(27,28)22-10-15-6-4-8-29-15/h3-9,11,13,22,26H,2,10,12H2,1H3,(H2,21,23,24,25). The maximum atomic E-state index is 12.6. The minimum absolute atomic E-state index is 0.0198. The molecule has 3 rings (SSSR count). The molecular formula is C19H22BrN5O3S2. The average molecular weight is 512 g/mol. The minimum atomic E-state index is -3.66. The fourth-order valence-corrected chi connectivity index (χ4v) is 4.62. The zero-order valence-corrected chi connectivity index (χ0v) is 19.4. The summed E-state index contributed by atoms with van der Waals surface area (Å²) in [5.74, 6) is 0.837. The topological polar surface area (TPSA) is 116 Å². The third-order valence-electron chi connectivity index (χ3n) is 4.22. The van der Waals surface area contributed by atoms with Crippen molar-refractivity contribution in [3.05, 3.63) is 57.3 Å². The van der Waals surface area contributed by atoms with Crippen molar-refractivity contribution in [2.24, 2.45) is 0 Å². The number of halogens is 1. The Labute approximate surface area is 188 Å².